The number of nitrogens with zero attached hydrogens (tertiary/aromatic N) is 4. The molecule has 2 rings (SSSR count). The van der Waals surface area contributed by atoms with Crippen molar-refractivity contribution in [2.45, 2.75) is 39.7 Å². The number of aromatic nitrogens is 4. The summed E-state index contributed by atoms with van der Waals surface area (Å²) in [6.45, 7) is 6.38. The summed E-state index contributed by atoms with van der Waals surface area (Å²) in [6.07, 6.45) is 2.80. The lowest BCUT2D eigenvalue weighted by Gasteiger charge is -2.08. The Balaban J connectivity index is 2.41. The third-order valence-electron chi connectivity index (χ3n) is 3.34. The van der Waals surface area contributed by atoms with Crippen LogP contribution in [0.15, 0.2) is 0 Å². The lowest BCUT2D eigenvalue weighted by atomic mass is 10.2. The van der Waals surface area contributed by atoms with Gasteiger partial charge in [0, 0.05) is 32.5 Å². The molecule has 0 aliphatic heterocycles. The molecule has 6 heteroatoms. The van der Waals surface area contributed by atoms with Gasteiger partial charge in [0.25, 0.3) is 0 Å². The van der Waals surface area contributed by atoms with Crippen molar-refractivity contribution >= 4 is 22.8 Å². The minimum absolute atomic E-state index is 0.578. The molecule has 2 aromatic rings. The Hall–Kier alpha value is -1.07. The van der Waals surface area contributed by atoms with Gasteiger partial charge in [0.15, 0.2) is 5.65 Å². The number of imidazole rings is 1. The molecule has 5 nitrogen and oxygen atoms in total. The zero-order valence-electron chi connectivity index (χ0n) is 12.5. The van der Waals surface area contributed by atoms with Crippen LogP contribution in [-0.4, -0.2) is 38.4 Å². The summed E-state index contributed by atoms with van der Waals surface area (Å²) in [5, 5.41) is 4.59. The topological polar surface area (TPSA) is 44.9 Å². The van der Waals surface area contributed by atoms with Gasteiger partial charge in [-0.3, -0.25) is 4.68 Å². The molecule has 0 fully saturated rings. The maximum absolute atomic E-state index is 5.90. The van der Waals surface area contributed by atoms with Crippen LogP contribution >= 0.6 is 11.6 Å². The summed E-state index contributed by atoms with van der Waals surface area (Å²) in [5.41, 5.74) is 3.18. The molecule has 0 aliphatic carbocycles. The fourth-order valence-corrected chi connectivity index (χ4v) is 2.67. The van der Waals surface area contributed by atoms with Gasteiger partial charge in [0.05, 0.1) is 12.3 Å². The molecule has 0 aromatic carbocycles. The van der Waals surface area contributed by atoms with Gasteiger partial charge in [0.2, 0.25) is 0 Å². The highest BCUT2D eigenvalue weighted by Crippen LogP contribution is 2.21. The van der Waals surface area contributed by atoms with Gasteiger partial charge in [0.1, 0.15) is 11.3 Å². The second-order valence-electron chi connectivity index (χ2n) is 4.81. The molecular weight excluding hydrogens is 276 g/mol. The van der Waals surface area contributed by atoms with Crippen molar-refractivity contribution in [3.8, 4) is 0 Å². The van der Waals surface area contributed by atoms with E-state index in [0.29, 0.717) is 12.5 Å². The first-order valence-electron chi connectivity index (χ1n) is 7.27. The third-order valence-corrected chi connectivity index (χ3v) is 3.53. The lowest BCUT2D eigenvalue weighted by Crippen LogP contribution is -2.12. The molecule has 0 amide bonds. The maximum atomic E-state index is 5.90. The van der Waals surface area contributed by atoms with E-state index >= 15 is 0 Å². The summed E-state index contributed by atoms with van der Waals surface area (Å²) in [6, 6.07) is 0. The largest absolute Gasteiger partial charge is 0.380 e. The van der Waals surface area contributed by atoms with Crippen LogP contribution in [0, 0.1) is 0 Å². The van der Waals surface area contributed by atoms with Crippen LogP contribution in [0.1, 0.15) is 31.8 Å². The molecule has 0 unspecified atom stereocenters. The standard InChI is InChI=1S/C14H23ClN4O/c1-4-6-11-13-14(18(3)17-11)19(9-10-20-5-2)12(16-13)7-8-15/h4-10H2,1-3H3. The second kappa shape index (κ2) is 7.09. The average molecular weight is 299 g/mol. The molecule has 2 heterocycles. The lowest BCUT2D eigenvalue weighted by molar-refractivity contribution is 0.139. The number of hydrogen-bond donors (Lipinski definition) is 0. The van der Waals surface area contributed by atoms with E-state index in [1.807, 2.05) is 18.7 Å². The molecule has 0 atom stereocenters. The molecule has 0 bridgehead atoms. The van der Waals surface area contributed by atoms with Crippen molar-refractivity contribution in [2.75, 3.05) is 19.1 Å². The molecule has 0 saturated heterocycles. The number of aryl methyl sites for hydroxylation is 3. The Kier molecular flexibility index (Phi) is 5.43. The number of halogens is 1. The summed E-state index contributed by atoms with van der Waals surface area (Å²) in [7, 11) is 1.98. The van der Waals surface area contributed by atoms with Gasteiger partial charge in [-0.15, -0.1) is 11.6 Å². The second-order valence-corrected chi connectivity index (χ2v) is 5.19. The normalized spacial score (nSPS) is 11.6. The van der Waals surface area contributed by atoms with Crippen LogP contribution in [0.5, 0.6) is 0 Å². The summed E-state index contributed by atoms with van der Waals surface area (Å²) in [4.78, 5) is 4.76. The van der Waals surface area contributed by atoms with Crippen LogP contribution in [0.25, 0.3) is 11.2 Å². The highest BCUT2D eigenvalue weighted by molar-refractivity contribution is 6.17. The monoisotopic (exact) mass is 298 g/mol. The molecule has 2 aromatic heterocycles. The predicted octanol–water partition coefficient (Wildman–Crippen LogP) is 2.54. The van der Waals surface area contributed by atoms with Gasteiger partial charge in [-0.1, -0.05) is 13.3 Å². The van der Waals surface area contributed by atoms with Crippen LogP contribution < -0.4 is 0 Å². The molecule has 20 heavy (non-hydrogen) atoms. The summed E-state index contributed by atoms with van der Waals surface area (Å²) < 4.78 is 9.59. The molecule has 0 saturated carbocycles. The van der Waals surface area contributed by atoms with Crippen molar-refractivity contribution in [3.05, 3.63) is 11.5 Å². The average Bonchev–Trinajstić information content (AvgIpc) is 2.91. The Labute approximate surface area is 124 Å². The number of alkyl halides is 1. The van der Waals surface area contributed by atoms with Gasteiger partial charge in [-0.2, -0.15) is 5.10 Å². The Bertz CT molecular complexity index is 561. The first kappa shape index (κ1) is 15.3. The van der Waals surface area contributed by atoms with E-state index in [2.05, 4.69) is 16.6 Å². The van der Waals surface area contributed by atoms with Crippen LogP contribution in [-0.2, 0) is 31.2 Å². The fraction of sp³-hybridized carbons (Fsp3) is 0.714. The van der Waals surface area contributed by atoms with E-state index < -0.39 is 0 Å². The van der Waals surface area contributed by atoms with E-state index in [1.165, 1.54) is 0 Å². The number of rotatable bonds is 8. The highest BCUT2D eigenvalue weighted by atomic mass is 35.5. The predicted molar refractivity (Wildman–Crippen MR) is 81.4 cm³/mol. The molecule has 0 spiro atoms. The van der Waals surface area contributed by atoms with Gasteiger partial charge in [-0.05, 0) is 13.3 Å². The smallest absolute Gasteiger partial charge is 0.158 e. The van der Waals surface area contributed by atoms with Crippen LogP contribution in [0.4, 0.5) is 0 Å². The number of fused-ring (bicyclic) bond motifs is 1. The van der Waals surface area contributed by atoms with E-state index in [-0.39, 0.29) is 0 Å². The summed E-state index contributed by atoms with van der Waals surface area (Å²) in [5.74, 6) is 1.61. The number of hydrogen-bond acceptors (Lipinski definition) is 3. The first-order chi connectivity index (χ1) is 9.72. The Morgan fingerprint density at radius 2 is 2.05 bits per heavy atom. The minimum Gasteiger partial charge on any atom is -0.380 e. The zero-order valence-corrected chi connectivity index (χ0v) is 13.3. The van der Waals surface area contributed by atoms with Crippen LogP contribution in [0.3, 0.4) is 0 Å². The summed E-state index contributed by atoms with van der Waals surface area (Å²) >= 11 is 5.90. The maximum Gasteiger partial charge on any atom is 0.158 e. The van der Waals surface area contributed by atoms with E-state index in [9.17, 15) is 0 Å². The van der Waals surface area contributed by atoms with E-state index in [0.717, 1.165) is 55.1 Å². The van der Waals surface area contributed by atoms with Crippen molar-refractivity contribution < 1.29 is 4.74 Å². The molecule has 0 N–H and O–H groups in total. The Morgan fingerprint density at radius 1 is 1.25 bits per heavy atom. The van der Waals surface area contributed by atoms with Gasteiger partial charge >= 0.3 is 0 Å². The molecular formula is C14H23ClN4O. The van der Waals surface area contributed by atoms with Crippen molar-refractivity contribution in [2.24, 2.45) is 7.05 Å². The highest BCUT2D eigenvalue weighted by Gasteiger charge is 2.18. The third kappa shape index (κ3) is 2.99. The van der Waals surface area contributed by atoms with Gasteiger partial charge in [-0.25, -0.2) is 4.98 Å². The molecule has 112 valence electrons. The first-order valence-corrected chi connectivity index (χ1v) is 7.81. The SMILES string of the molecule is CCCc1nn(C)c2c1nc(CCCl)n2CCOCC. The molecule has 0 aliphatic rings. The van der Waals surface area contributed by atoms with Crippen molar-refractivity contribution in [3.63, 3.8) is 0 Å². The quantitative estimate of drug-likeness (QED) is 0.556. The van der Waals surface area contributed by atoms with Crippen LogP contribution in [0.2, 0.25) is 0 Å². The zero-order chi connectivity index (χ0) is 14.5. The van der Waals surface area contributed by atoms with Gasteiger partial charge < -0.3 is 9.30 Å². The van der Waals surface area contributed by atoms with Crippen molar-refractivity contribution in [1.82, 2.24) is 19.3 Å². The van der Waals surface area contributed by atoms with E-state index in [1.54, 1.807) is 0 Å². The molecule has 0 radical (unpaired) electrons. The number of ether oxygens (including phenoxy) is 1. The van der Waals surface area contributed by atoms with E-state index in [4.69, 9.17) is 21.3 Å². The minimum atomic E-state index is 0.578. The van der Waals surface area contributed by atoms with Crippen molar-refractivity contribution in [1.29, 1.82) is 0 Å². The Morgan fingerprint density at radius 3 is 2.70 bits per heavy atom. The fourth-order valence-electron chi connectivity index (χ4n) is 2.50.